The van der Waals surface area contributed by atoms with E-state index in [2.05, 4.69) is 20.9 Å². The molecule has 1 atom stereocenters. The molecule has 0 radical (unpaired) electrons. The topological polar surface area (TPSA) is 84.2 Å². The quantitative estimate of drug-likeness (QED) is 0.876. The Morgan fingerprint density at radius 2 is 2.17 bits per heavy atom. The van der Waals surface area contributed by atoms with Crippen LogP contribution in [-0.4, -0.2) is 30.2 Å². The summed E-state index contributed by atoms with van der Waals surface area (Å²) in [5.74, 6) is 1.44. The summed E-state index contributed by atoms with van der Waals surface area (Å²) in [4.78, 5) is 21.0. The predicted octanol–water partition coefficient (Wildman–Crippen LogP) is 1.62. The molecule has 24 heavy (non-hydrogen) atoms. The van der Waals surface area contributed by atoms with E-state index < -0.39 is 0 Å². The van der Waals surface area contributed by atoms with E-state index in [4.69, 9.17) is 10.5 Å². The number of hydrogen-bond acceptors (Lipinski definition) is 5. The maximum absolute atomic E-state index is 12.0. The fourth-order valence-corrected chi connectivity index (χ4v) is 4.27. The number of fused-ring (bicyclic) bond motifs is 1. The number of nitrogens with one attached hydrogen (secondary N) is 1. The maximum Gasteiger partial charge on any atom is 0.290 e. The molecule has 1 aromatic heterocycles. The standard InChI is InChI=1S/C18H22N4O2/c1-24-14-4-2-3-12-13(14)11-18(15(12)19)5-9-22(10-6-18)16-17(23)21-8-7-20-16/h2-4,7-8,15H,5-6,9-11,19H2,1H3,(H,21,23)/t15-/m1/s1. The summed E-state index contributed by atoms with van der Waals surface area (Å²) >= 11 is 0. The molecule has 6 nitrogen and oxygen atoms in total. The van der Waals surface area contributed by atoms with E-state index in [1.54, 1.807) is 19.5 Å². The van der Waals surface area contributed by atoms with Gasteiger partial charge in [0.05, 0.1) is 7.11 Å². The first kappa shape index (κ1) is 15.2. The zero-order chi connectivity index (χ0) is 16.7. The number of H-pyrrole nitrogens is 1. The van der Waals surface area contributed by atoms with Crippen LogP contribution in [0.2, 0.25) is 0 Å². The smallest absolute Gasteiger partial charge is 0.290 e. The van der Waals surface area contributed by atoms with Gasteiger partial charge in [-0.3, -0.25) is 4.79 Å². The van der Waals surface area contributed by atoms with Gasteiger partial charge in [0.2, 0.25) is 0 Å². The summed E-state index contributed by atoms with van der Waals surface area (Å²) in [5, 5.41) is 0. The molecule has 6 heteroatoms. The van der Waals surface area contributed by atoms with Gasteiger partial charge in [0.25, 0.3) is 5.56 Å². The van der Waals surface area contributed by atoms with Gasteiger partial charge in [0.15, 0.2) is 5.82 Å². The maximum atomic E-state index is 12.0. The normalized spacial score (nSPS) is 21.8. The third kappa shape index (κ3) is 2.21. The fraction of sp³-hybridized carbons (Fsp3) is 0.444. The predicted molar refractivity (Wildman–Crippen MR) is 92.4 cm³/mol. The lowest BCUT2D eigenvalue weighted by Gasteiger charge is -2.42. The highest BCUT2D eigenvalue weighted by atomic mass is 16.5. The molecule has 1 aromatic carbocycles. The summed E-state index contributed by atoms with van der Waals surface area (Å²) in [6, 6.07) is 6.16. The molecule has 0 saturated carbocycles. The first-order valence-corrected chi connectivity index (χ1v) is 8.35. The number of aromatic amines is 1. The Morgan fingerprint density at radius 1 is 1.38 bits per heavy atom. The second-order valence-corrected chi connectivity index (χ2v) is 6.77. The number of ether oxygens (including phenoxy) is 1. The van der Waals surface area contributed by atoms with Crippen molar-refractivity contribution in [3.05, 3.63) is 52.1 Å². The van der Waals surface area contributed by atoms with Crippen LogP contribution in [0, 0.1) is 5.41 Å². The molecule has 2 heterocycles. The van der Waals surface area contributed by atoms with Gasteiger partial charge in [0.1, 0.15) is 5.75 Å². The van der Waals surface area contributed by atoms with Gasteiger partial charge in [-0.2, -0.15) is 0 Å². The Labute approximate surface area is 140 Å². The van der Waals surface area contributed by atoms with Crippen LogP contribution in [0.1, 0.15) is 30.0 Å². The van der Waals surface area contributed by atoms with E-state index in [0.717, 1.165) is 38.1 Å². The molecule has 126 valence electrons. The number of benzene rings is 1. The van der Waals surface area contributed by atoms with Gasteiger partial charge in [-0.1, -0.05) is 12.1 Å². The number of hydrogen-bond donors (Lipinski definition) is 2. The largest absolute Gasteiger partial charge is 0.496 e. The van der Waals surface area contributed by atoms with Gasteiger partial charge in [0, 0.05) is 31.5 Å². The summed E-state index contributed by atoms with van der Waals surface area (Å²) in [7, 11) is 1.71. The van der Waals surface area contributed by atoms with Crippen molar-refractivity contribution in [2.45, 2.75) is 25.3 Å². The van der Waals surface area contributed by atoms with E-state index in [9.17, 15) is 4.79 Å². The van der Waals surface area contributed by atoms with Crippen molar-refractivity contribution in [2.75, 3.05) is 25.1 Å². The molecule has 2 aromatic rings. The molecule has 0 amide bonds. The lowest BCUT2D eigenvalue weighted by Crippen LogP contribution is -2.46. The van der Waals surface area contributed by atoms with Crippen LogP contribution in [0.15, 0.2) is 35.4 Å². The van der Waals surface area contributed by atoms with Crippen molar-refractivity contribution in [3.8, 4) is 5.75 Å². The van der Waals surface area contributed by atoms with Crippen LogP contribution in [0.4, 0.5) is 5.82 Å². The lowest BCUT2D eigenvalue weighted by molar-refractivity contribution is 0.186. The molecule has 4 rings (SSSR count). The Hall–Kier alpha value is -2.34. The van der Waals surface area contributed by atoms with Gasteiger partial charge in [-0.25, -0.2) is 4.98 Å². The zero-order valence-electron chi connectivity index (χ0n) is 13.8. The Balaban J connectivity index is 1.58. The van der Waals surface area contributed by atoms with Crippen LogP contribution >= 0.6 is 0 Å². The number of piperidine rings is 1. The van der Waals surface area contributed by atoms with E-state index in [1.165, 1.54) is 11.1 Å². The second kappa shape index (κ2) is 5.63. The van der Waals surface area contributed by atoms with Gasteiger partial charge in [-0.15, -0.1) is 0 Å². The summed E-state index contributed by atoms with van der Waals surface area (Å²) < 4.78 is 5.52. The van der Waals surface area contributed by atoms with Crippen LogP contribution < -0.4 is 20.9 Å². The molecular weight excluding hydrogens is 304 g/mol. The van der Waals surface area contributed by atoms with E-state index in [0.29, 0.717) is 5.82 Å². The molecule has 1 spiro atoms. The van der Waals surface area contributed by atoms with Crippen molar-refractivity contribution in [1.82, 2.24) is 9.97 Å². The Kier molecular flexibility index (Phi) is 3.57. The molecule has 1 aliphatic carbocycles. The third-order valence-electron chi connectivity index (χ3n) is 5.66. The Morgan fingerprint density at radius 3 is 2.88 bits per heavy atom. The van der Waals surface area contributed by atoms with Crippen LogP contribution in [0.5, 0.6) is 5.75 Å². The average molecular weight is 326 g/mol. The van der Waals surface area contributed by atoms with E-state index >= 15 is 0 Å². The first-order valence-electron chi connectivity index (χ1n) is 8.35. The number of anilines is 1. The number of rotatable bonds is 2. The highest BCUT2D eigenvalue weighted by Gasteiger charge is 2.47. The monoisotopic (exact) mass is 326 g/mol. The minimum atomic E-state index is -0.130. The molecule has 1 fully saturated rings. The molecule has 0 bridgehead atoms. The lowest BCUT2D eigenvalue weighted by atomic mass is 9.73. The van der Waals surface area contributed by atoms with Crippen molar-refractivity contribution < 1.29 is 4.74 Å². The van der Waals surface area contributed by atoms with Crippen LogP contribution in [0.25, 0.3) is 0 Å². The fourth-order valence-electron chi connectivity index (χ4n) is 4.27. The van der Waals surface area contributed by atoms with Gasteiger partial charge in [-0.05, 0) is 41.9 Å². The SMILES string of the molecule is COc1cccc2c1CC1(CCN(c3ncc[nH]c3=O)CC1)[C@@H]2N. The number of nitrogens with two attached hydrogens (primary N) is 1. The van der Waals surface area contributed by atoms with Crippen LogP contribution in [0.3, 0.4) is 0 Å². The first-order chi connectivity index (χ1) is 11.6. The Bertz CT molecular complexity index is 809. The second-order valence-electron chi connectivity index (χ2n) is 6.77. The van der Waals surface area contributed by atoms with E-state index in [-0.39, 0.29) is 17.0 Å². The van der Waals surface area contributed by atoms with Crippen LogP contribution in [-0.2, 0) is 6.42 Å². The molecule has 1 aliphatic heterocycles. The van der Waals surface area contributed by atoms with Gasteiger partial charge >= 0.3 is 0 Å². The highest BCUT2D eigenvalue weighted by Crippen LogP contribution is 2.52. The highest BCUT2D eigenvalue weighted by molar-refractivity contribution is 5.48. The molecule has 0 unspecified atom stereocenters. The minimum Gasteiger partial charge on any atom is -0.496 e. The number of aromatic nitrogens is 2. The summed E-state index contributed by atoms with van der Waals surface area (Å²) in [6.45, 7) is 1.59. The van der Waals surface area contributed by atoms with Crippen molar-refractivity contribution >= 4 is 5.82 Å². The van der Waals surface area contributed by atoms with Crippen molar-refractivity contribution in [1.29, 1.82) is 0 Å². The third-order valence-corrected chi connectivity index (χ3v) is 5.66. The van der Waals surface area contributed by atoms with E-state index in [1.807, 2.05) is 12.1 Å². The van der Waals surface area contributed by atoms with Crippen molar-refractivity contribution in [2.24, 2.45) is 11.1 Å². The van der Waals surface area contributed by atoms with Gasteiger partial charge < -0.3 is 20.4 Å². The molecule has 1 saturated heterocycles. The summed E-state index contributed by atoms with van der Waals surface area (Å²) in [6.07, 6.45) is 6.03. The van der Waals surface area contributed by atoms with Crippen molar-refractivity contribution in [3.63, 3.8) is 0 Å². The molecule has 3 N–H and O–H groups in total. The average Bonchev–Trinajstić information content (AvgIpc) is 2.89. The summed E-state index contributed by atoms with van der Waals surface area (Å²) in [5.41, 5.74) is 9.01. The molecular formula is C18H22N4O2. The number of methoxy groups -OCH3 is 1. The molecule has 2 aliphatic rings. The minimum absolute atomic E-state index is 0.0202. The number of nitrogens with zero attached hydrogens (tertiary/aromatic N) is 2. The zero-order valence-corrected chi connectivity index (χ0v) is 13.8.